The van der Waals surface area contributed by atoms with Crippen LogP contribution in [-0.4, -0.2) is 33.3 Å². The van der Waals surface area contributed by atoms with Gasteiger partial charge >= 0.3 is 0 Å². The molecule has 2 aromatic rings. The smallest absolute Gasteiger partial charge is 0.290 e. The highest BCUT2D eigenvalue weighted by Crippen LogP contribution is 2.39. The SMILES string of the molecule is CC(=O)NCc1cc(-c2nc(NCC(F)(F)C3CCC3)c(=O)[nH]c2C)c(N)nc1C.Cl.Cl. The molecule has 2 heterocycles. The fourth-order valence-corrected chi connectivity index (χ4v) is 3.35. The molecule has 0 radical (unpaired) electrons. The Morgan fingerprint density at radius 1 is 1.28 bits per heavy atom. The van der Waals surface area contributed by atoms with Crippen LogP contribution < -0.4 is 21.9 Å². The van der Waals surface area contributed by atoms with Crippen LogP contribution in [0, 0.1) is 19.8 Å². The van der Waals surface area contributed by atoms with E-state index in [-0.39, 0.29) is 48.9 Å². The number of halogens is 4. The number of pyridine rings is 1. The average Bonchev–Trinajstić information content (AvgIpc) is 2.59. The van der Waals surface area contributed by atoms with E-state index in [1.165, 1.54) is 6.92 Å². The molecule has 1 amide bonds. The van der Waals surface area contributed by atoms with Gasteiger partial charge in [0.25, 0.3) is 11.5 Å². The van der Waals surface area contributed by atoms with Crippen molar-refractivity contribution in [1.82, 2.24) is 20.3 Å². The molecule has 0 aromatic carbocycles. The first-order chi connectivity index (χ1) is 14.1. The molecule has 0 spiro atoms. The maximum atomic E-state index is 14.2. The van der Waals surface area contributed by atoms with Crippen molar-refractivity contribution in [1.29, 1.82) is 0 Å². The molecule has 0 bridgehead atoms. The third-order valence-electron chi connectivity index (χ3n) is 5.42. The molecule has 1 aliphatic rings. The Hall–Kier alpha value is -2.46. The number of alkyl halides is 2. The van der Waals surface area contributed by atoms with Crippen LogP contribution in [0.2, 0.25) is 0 Å². The van der Waals surface area contributed by atoms with E-state index in [2.05, 4.69) is 25.6 Å². The predicted molar refractivity (Wildman–Crippen MR) is 125 cm³/mol. The van der Waals surface area contributed by atoms with E-state index in [0.29, 0.717) is 35.5 Å². The van der Waals surface area contributed by atoms with Crippen molar-refractivity contribution in [2.45, 2.75) is 52.5 Å². The number of nitrogens with two attached hydrogens (primary N) is 1. The van der Waals surface area contributed by atoms with Gasteiger partial charge in [0, 0.05) is 36.3 Å². The summed E-state index contributed by atoms with van der Waals surface area (Å²) in [7, 11) is 0. The van der Waals surface area contributed by atoms with Crippen molar-refractivity contribution in [3.63, 3.8) is 0 Å². The van der Waals surface area contributed by atoms with Crippen LogP contribution in [-0.2, 0) is 11.3 Å². The first kappa shape index (κ1) is 27.6. The number of aryl methyl sites for hydroxylation is 2. The first-order valence-electron chi connectivity index (χ1n) is 9.82. The molecule has 1 saturated carbocycles. The highest BCUT2D eigenvalue weighted by atomic mass is 35.5. The number of amides is 1. The lowest BCUT2D eigenvalue weighted by molar-refractivity contribution is -0.119. The van der Waals surface area contributed by atoms with Gasteiger partial charge < -0.3 is 21.4 Å². The van der Waals surface area contributed by atoms with Gasteiger partial charge in [-0.05, 0) is 38.3 Å². The Morgan fingerprint density at radius 3 is 2.50 bits per heavy atom. The zero-order chi connectivity index (χ0) is 22.1. The van der Waals surface area contributed by atoms with Crippen molar-refractivity contribution in [3.8, 4) is 11.3 Å². The van der Waals surface area contributed by atoms with E-state index in [4.69, 9.17) is 5.73 Å². The Labute approximate surface area is 197 Å². The molecule has 0 saturated heterocycles. The lowest BCUT2D eigenvalue weighted by Crippen LogP contribution is -2.40. The Balaban J connectivity index is 0.00000256. The van der Waals surface area contributed by atoms with Crippen molar-refractivity contribution in [2.24, 2.45) is 5.92 Å². The second kappa shape index (κ2) is 10.9. The van der Waals surface area contributed by atoms with Crippen LogP contribution in [0.25, 0.3) is 11.3 Å². The van der Waals surface area contributed by atoms with E-state index in [0.717, 1.165) is 12.0 Å². The highest BCUT2D eigenvalue weighted by Gasteiger charge is 2.42. The van der Waals surface area contributed by atoms with Crippen LogP contribution in [0.4, 0.5) is 20.4 Å². The van der Waals surface area contributed by atoms with Gasteiger partial charge in [0.1, 0.15) is 5.82 Å². The number of carbonyl (C=O) groups is 1. The summed E-state index contributed by atoms with van der Waals surface area (Å²) in [5, 5.41) is 5.20. The molecule has 3 rings (SSSR count). The van der Waals surface area contributed by atoms with Gasteiger partial charge in [0.15, 0.2) is 5.82 Å². The molecular formula is C20H28Cl2F2N6O2. The van der Waals surface area contributed by atoms with Crippen LogP contribution in [0.15, 0.2) is 10.9 Å². The van der Waals surface area contributed by atoms with Crippen LogP contribution in [0.3, 0.4) is 0 Å². The number of hydrogen-bond acceptors (Lipinski definition) is 6. The molecule has 0 unspecified atom stereocenters. The Kier molecular flexibility index (Phi) is 9.40. The number of aromatic nitrogens is 3. The lowest BCUT2D eigenvalue weighted by Gasteiger charge is -2.33. The number of aromatic amines is 1. The number of nitrogen functional groups attached to an aromatic ring is 1. The summed E-state index contributed by atoms with van der Waals surface area (Å²) in [6.07, 6.45) is 1.77. The molecule has 12 heteroatoms. The minimum atomic E-state index is -2.91. The van der Waals surface area contributed by atoms with Crippen LogP contribution in [0.5, 0.6) is 0 Å². The van der Waals surface area contributed by atoms with Gasteiger partial charge in [0.05, 0.1) is 12.2 Å². The molecule has 0 atom stereocenters. The highest BCUT2D eigenvalue weighted by molar-refractivity contribution is 5.85. The van der Waals surface area contributed by atoms with Gasteiger partial charge in [-0.15, -0.1) is 24.8 Å². The number of nitrogens with one attached hydrogen (secondary N) is 3. The number of nitrogens with zero attached hydrogens (tertiary/aromatic N) is 2. The van der Waals surface area contributed by atoms with E-state index in [9.17, 15) is 18.4 Å². The zero-order valence-electron chi connectivity index (χ0n) is 18.1. The number of carbonyl (C=O) groups excluding carboxylic acids is 1. The summed E-state index contributed by atoms with van der Waals surface area (Å²) in [6.45, 7) is 4.41. The normalized spacial score (nSPS) is 13.4. The molecule has 1 aliphatic carbocycles. The van der Waals surface area contributed by atoms with Gasteiger partial charge in [-0.2, -0.15) is 0 Å². The van der Waals surface area contributed by atoms with Crippen molar-refractivity contribution < 1.29 is 13.6 Å². The summed E-state index contributed by atoms with van der Waals surface area (Å²) in [5.74, 6) is -3.77. The van der Waals surface area contributed by atoms with Gasteiger partial charge in [-0.3, -0.25) is 9.59 Å². The van der Waals surface area contributed by atoms with Gasteiger partial charge in [0.2, 0.25) is 5.91 Å². The molecule has 8 nitrogen and oxygen atoms in total. The standard InChI is InChI=1S/C20H26F2N6O2.2ClH/c1-10-13(8-24-12(3)29)7-15(17(23)26-10)16-11(2)27-19(30)18(28-16)25-9-20(21,22)14-5-4-6-14;;/h7,14H,4-6,8-9H2,1-3H3,(H2,23,26)(H,24,29)(H,25,28)(H,27,30);2*1H. The molecule has 178 valence electrons. The number of rotatable bonds is 7. The number of hydrogen-bond donors (Lipinski definition) is 4. The third kappa shape index (κ3) is 6.07. The van der Waals surface area contributed by atoms with Gasteiger partial charge in [-0.1, -0.05) is 6.42 Å². The second-order valence-electron chi connectivity index (χ2n) is 7.71. The summed E-state index contributed by atoms with van der Waals surface area (Å²) >= 11 is 0. The number of anilines is 2. The monoisotopic (exact) mass is 492 g/mol. The Morgan fingerprint density at radius 2 is 1.94 bits per heavy atom. The quantitative estimate of drug-likeness (QED) is 0.469. The van der Waals surface area contributed by atoms with Crippen LogP contribution >= 0.6 is 24.8 Å². The van der Waals surface area contributed by atoms with Crippen molar-refractivity contribution in [3.05, 3.63) is 33.4 Å². The predicted octanol–water partition coefficient (Wildman–Crippen LogP) is 3.36. The summed E-state index contributed by atoms with van der Waals surface area (Å²) in [6, 6.07) is 1.73. The summed E-state index contributed by atoms with van der Waals surface area (Å²) in [4.78, 5) is 34.7. The molecule has 1 fully saturated rings. The first-order valence-corrected chi connectivity index (χ1v) is 9.82. The third-order valence-corrected chi connectivity index (χ3v) is 5.42. The fourth-order valence-electron chi connectivity index (χ4n) is 3.35. The van der Waals surface area contributed by atoms with Crippen molar-refractivity contribution in [2.75, 3.05) is 17.6 Å². The van der Waals surface area contributed by atoms with E-state index < -0.39 is 23.9 Å². The van der Waals surface area contributed by atoms with Gasteiger partial charge in [-0.25, -0.2) is 18.7 Å². The van der Waals surface area contributed by atoms with E-state index in [1.54, 1.807) is 19.9 Å². The Bertz CT molecular complexity index is 1030. The lowest BCUT2D eigenvalue weighted by atomic mass is 9.80. The molecule has 5 N–H and O–H groups in total. The summed E-state index contributed by atoms with van der Waals surface area (Å²) in [5.41, 5.74) is 8.07. The maximum absolute atomic E-state index is 14.2. The minimum Gasteiger partial charge on any atom is -0.383 e. The number of H-pyrrole nitrogens is 1. The van der Waals surface area contributed by atoms with E-state index in [1.807, 2.05) is 0 Å². The summed E-state index contributed by atoms with van der Waals surface area (Å²) < 4.78 is 28.5. The average molecular weight is 493 g/mol. The topological polar surface area (TPSA) is 126 Å². The van der Waals surface area contributed by atoms with E-state index >= 15 is 0 Å². The minimum absolute atomic E-state index is 0. The fraction of sp³-hybridized carbons (Fsp3) is 0.500. The molecule has 2 aromatic heterocycles. The second-order valence-corrected chi connectivity index (χ2v) is 7.71. The zero-order valence-corrected chi connectivity index (χ0v) is 19.7. The molecule has 32 heavy (non-hydrogen) atoms. The largest absolute Gasteiger partial charge is 0.383 e. The molecule has 0 aliphatic heterocycles. The maximum Gasteiger partial charge on any atom is 0.290 e. The molecular weight excluding hydrogens is 465 g/mol. The van der Waals surface area contributed by atoms with Crippen LogP contribution in [0.1, 0.15) is 43.1 Å². The van der Waals surface area contributed by atoms with Crippen molar-refractivity contribution >= 4 is 42.4 Å².